The summed E-state index contributed by atoms with van der Waals surface area (Å²) in [7, 11) is 2.00. The summed E-state index contributed by atoms with van der Waals surface area (Å²) >= 11 is 0. The fraction of sp³-hybridized carbons (Fsp3) is 0.867. The maximum atomic E-state index is 11.6. The Balaban J connectivity index is 3.88. The molecule has 0 aliphatic heterocycles. The third-order valence-electron chi connectivity index (χ3n) is 3.46. The Hall–Kier alpha value is -1.00. The standard InChI is InChI=1S/C15H30O8Si/c1-5-6-10-22-15(18)13(16)12-23-14(17)9-7-8-11-24(19-2,20-3)21-4/h13,16H,5-12H2,1-4H3. The Labute approximate surface area is 144 Å². The minimum atomic E-state index is -2.61. The van der Waals surface area contributed by atoms with E-state index in [1.54, 1.807) is 0 Å². The van der Waals surface area contributed by atoms with Gasteiger partial charge in [0.15, 0.2) is 6.10 Å². The highest BCUT2D eigenvalue weighted by Crippen LogP contribution is 2.17. The Morgan fingerprint density at radius 3 is 2.17 bits per heavy atom. The van der Waals surface area contributed by atoms with E-state index < -0.39 is 33.5 Å². The summed E-state index contributed by atoms with van der Waals surface area (Å²) in [6.07, 6.45) is 1.60. The first-order valence-electron chi connectivity index (χ1n) is 8.10. The smallest absolute Gasteiger partial charge is 0.464 e. The van der Waals surface area contributed by atoms with E-state index in [2.05, 4.69) is 0 Å². The van der Waals surface area contributed by atoms with Crippen molar-refractivity contribution in [3.63, 3.8) is 0 Å². The van der Waals surface area contributed by atoms with Crippen LogP contribution < -0.4 is 0 Å². The van der Waals surface area contributed by atoms with Crippen molar-refractivity contribution in [2.75, 3.05) is 34.5 Å². The van der Waals surface area contributed by atoms with Crippen LogP contribution in [0, 0.1) is 0 Å². The number of unbranched alkanes of at least 4 members (excludes halogenated alkanes) is 2. The van der Waals surface area contributed by atoms with Crippen LogP contribution in [0.5, 0.6) is 0 Å². The second-order valence-electron chi connectivity index (χ2n) is 5.22. The Kier molecular flexibility index (Phi) is 12.7. The first kappa shape index (κ1) is 23.0. The fourth-order valence-electron chi connectivity index (χ4n) is 1.89. The van der Waals surface area contributed by atoms with Crippen LogP contribution in [0.15, 0.2) is 0 Å². The monoisotopic (exact) mass is 366 g/mol. The quantitative estimate of drug-likeness (QED) is 0.279. The minimum Gasteiger partial charge on any atom is -0.464 e. The molecular formula is C15H30O8Si. The summed E-state index contributed by atoms with van der Waals surface area (Å²) in [5.74, 6) is -1.25. The topological polar surface area (TPSA) is 101 Å². The van der Waals surface area contributed by atoms with E-state index in [0.29, 0.717) is 18.9 Å². The number of hydrogen-bond donors (Lipinski definition) is 1. The lowest BCUT2D eigenvalue weighted by Gasteiger charge is -2.24. The van der Waals surface area contributed by atoms with Crippen molar-refractivity contribution in [2.24, 2.45) is 0 Å². The van der Waals surface area contributed by atoms with Gasteiger partial charge < -0.3 is 27.9 Å². The summed E-state index contributed by atoms with van der Waals surface area (Å²) in [4.78, 5) is 23.0. The Morgan fingerprint density at radius 1 is 1.00 bits per heavy atom. The van der Waals surface area contributed by atoms with E-state index >= 15 is 0 Å². The molecule has 0 rings (SSSR count). The van der Waals surface area contributed by atoms with Gasteiger partial charge in [0.25, 0.3) is 0 Å². The first-order chi connectivity index (χ1) is 11.4. The molecule has 0 aromatic carbocycles. The predicted molar refractivity (Wildman–Crippen MR) is 88.3 cm³/mol. The van der Waals surface area contributed by atoms with Crippen LogP contribution >= 0.6 is 0 Å². The molecule has 1 unspecified atom stereocenters. The maximum absolute atomic E-state index is 11.6. The maximum Gasteiger partial charge on any atom is 0.500 e. The lowest BCUT2D eigenvalue weighted by molar-refractivity contribution is -0.161. The molecule has 0 spiro atoms. The highest BCUT2D eigenvalue weighted by atomic mass is 28.4. The van der Waals surface area contributed by atoms with Crippen LogP contribution in [0.4, 0.5) is 0 Å². The van der Waals surface area contributed by atoms with E-state index in [-0.39, 0.29) is 13.0 Å². The molecule has 0 aliphatic carbocycles. The molecule has 0 amide bonds. The molecule has 0 radical (unpaired) electrons. The summed E-state index contributed by atoms with van der Waals surface area (Å²) < 4.78 is 25.6. The van der Waals surface area contributed by atoms with Gasteiger partial charge in [-0.15, -0.1) is 0 Å². The molecule has 0 fully saturated rings. The fourth-order valence-corrected chi connectivity index (χ4v) is 3.69. The highest BCUT2D eigenvalue weighted by Gasteiger charge is 2.36. The number of ether oxygens (including phenoxy) is 2. The number of hydrogen-bond acceptors (Lipinski definition) is 8. The molecule has 8 nitrogen and oxygen atoms in total. The van der Waals surface area contributed by atoms with E-state index in [4.69, 9.17) is 22.8 Å². The number of esters is 2. The molecule has 0 aromatic rings. The molecule has 0 aliphatic rings. The number of carbonyl (C=O) groups is 2. The molecule has 0 aromatic heterocycles. The lowest BCUT2D eigenvalue weighted by atomic mass is 10.2. The van der Waals surface area contributed by atoms with E-state index in [1.807, 2.05) is 6.92 Å². The van der Waals surface area contributed by atoms with Gasteiger partial charge in [-0.2, -0.15) is 0 Å². The molecule has 1 N–H and O–H groups in total. The molecule has 24 heavy (non-hydrogen) atoms. The van der Waals surface area contributed by atoms with Crippen molar-refractivity contribution in [3.8, 4) is 0 Å². The Bertz CT molecular complexity index is 351. The molecule has 1 atom stereocenters. The second kappa shape index (κ2) is 13.3. The van der Waals surface area contributed by atoms with Crippen LogP contribution in [-0.2, 0) is 32.3 Å². The summed E-state index contributed by atoms with van der Waals surface area (Å²) in [5.41, 5.74) is 0. The molecule has 9 heteroatoms. The largest absolute Gasteiger partial charge is 0.500 e. The minimum absolute atomic E-state index is 0.180. The van der Waals surface area contributed by atoms with Gasteiger partial charge in [-0.3, -0.25) is 4.79 Å². The Morgan fingerprint density at radius 2 is 1.62 bits per heavy atom. The SMILES string of the molecule is CCCCOC(=O)C(O)COC(=O)CCCC[Si](OC)(OC)OC. The van der Waals surface area contributed by atoms with Crippen molar-refractivity contribution in [1.82, 2.24) is 0 Å². The third kappa shape index (κ3) is 9.33. The van der Waals surface area contributed by atoms with Gasteiger partial charge in [-0.25, -0.2) is 4.79 Å². The van der Waals surface area contributed by atoms with Crippen molar-refractivity contribution in [1.29, 1.82) is 0 Å². The van der Waals surface area contributed by atoms with Gasteiger partial charge in [-0.1, -0.05) is 13.3 Å². The zero-order valence-electron chi connectivity index (χ0n) is 15.0. The molecular weight excluding hydrogens is 336 g/mol. The van der Waals surface area contributed by atoms with Crippen LogP contribution in [0.1, 0.15) is 39.0 Å². The zero-order valence-corrected chi connectivity index (χ0v) is 16.0. The van der Waals surface area contributed by atoms with Gasteiger partial charge in [0.2, 0.25) is 0 Å². The van der Waals surface area contributed by atoms with Crippen molar-refractivity contribution < 1.29 is 37.4 Å². The highest BCUT2D eigenvalue weighted by molar-refractivity contribution is 6.60. The second-order valence-corrected chi connectivity index (χ2v) is 8.31. The van der Waals surface area contributed by atoms with Crippen LogP contribution in [0.3, 0.4) is 0 Å². The number of carbonyl (C=O) groups excluding carboxylic acids is 2. The average Bonchev–Trinajstić information content (AvgIpc) is 2.60. The normalized spacial score (nSPS) is 12.7. The molecule has 0 saturated heterocycles. The van der Waals surface area contributed by atoms with Crippen molar-refractivity contribution in [2.45, 2.75) is 51.2 Å². The summed E-state index contributed by atoms with van der Waals surface area (Å²) in [5, 5.41) is 9.54. The molecule has 0 saturated carbocycles. The third-order valence-corrected chi connectivity index (χ3v) is 6.30. The summed E-state index contributed by atoms with van der Waals surface area (Å²) in [6, 6.07) is 0.593. The zero-order chi connectivity index (χ0) is 18.4. The van der Waals surface area contributed by atoms with Crippen LogP contribution in [0.2, 0.25) is 6.04 Å². The van der Waals surface area contributed by atoms with Gasteiger partial charge in [0, 0.05) is 33.8 Å². The van der Waals surface area contributed by atoms with Gasteiger partial charge >= 0.3 is 20.7 Å². The van der Waals surface area contributed by atoms with Crippen molar-refractivity contribution >= 4 is 20.7 Å². The van der Waals surface area contributed by atoms with Gasteiger partial charge in [0.1, 0.15) is 6.61 Å². The van der Waals surface area contributed by atoms with E-state index in [1.165, 1.54) is 21.3 Å². The van der Waals surface area contributed by atoms with Crippen LogP contribution in [-0.4, -0.2) is 66.5 Å². The van der Waals surface area contributed by atoms with Crippen molar-refractivity contribution in [3.05, 3.63) is 0 Å². The van der Waals surface area contributed by atoms with E-state index in [0.717, 1.165) is 12.8 Å². The number of aliphatic hydroxyl groups excluding tert-OH is 1. The average molecular weight is 366 g/mol. The van der Waals surface area contributed by atoms with Gasteiger partial charge in [-0.05, 0) is 19.3 Å². The molecule has 142 valence electrons. The number of rotatable bonds is 14. The summed E-state index contributed by atoms with van der Waals surface area (Å²) in [6.45, 7) is 1.83. The molecule has 0 bridgehead atoms. The molecule has 0 heterocycles. The van der Waals surface area contributed by atoms with Gasteiger partial charge in [0.05, 0.1) is 6.61 Å². The predicted octanol–water partition coefficient (Wildman–Crippen LogP) is 1.28. The van der Waals surface area contributed by atoms with Crippen LogP contribution in [0.25, 0.3) is 0 Å². The van der Waals surface area contributed by atoms with E-state index in [9.17, 15) is 14.7 Å². The lowest BCUT2D eigenvalue weighted by Crippen LogP contribution is -2.42. The first-order valence-corrected chi connectivity index (χ1v) is 10.0. The number of aliphatic hydroxyl groups is 1.